The maximum absolute atomic E-state index is 12.4. The van der Waals surface area contributed by atoms with Crippen molar-refractivity contribution >= 4 is 34.8 Å². The number of hydrogen-bond acceptors (Lipinski definition) is 3. The summed E-state index contributed by atoms with van der Waals surface area (Å²) in [6, 6.07) is 10.2. The van der Waals surface area contributed by atoms with Gasteiger partial charge in [-0.3, -0.25) is 20.0 Å². The van der Waals surface area contributed by atoms with E-state index in [-0.39, 0.29) is 10.7 Å². The van der Waals surface area contributed by atoms with Crippen LogP contribution >= 0.6 is 23.8 Å². The fourth-order valence-electron chi connectivity index (χ4n) is 1.93. The van der Waals surface area contributed by atoms with Gasteiger partial charge in [0.15, 0.2) is 5.11 Å². The molecule has 0 fully saturated rings. The highest BCUT2D eigenvalue weighted by Crippen LogP contribution is 2.11. The second kappa shape index (κ2) is 7.26. The number of nitrogens with one attached hydrogen (secondary N) is 1. The van der Waals surface area contributed by atoms with Gasteiger partial charge < -0.3 is 10.3 Å². The zero-order valence-electron chi connectivity index (χ0n) is 12.3. The number of hydrazine groups is 1. The lowest BCUT2D eigenvalue weighted by Crippen LogP contribution is -2.47. The maximum Gasteiger partial charge on any atom is 0.275 e. The normalized spacial score (nSPS) is 10.2. The van der Waals surface area contributed by atoms with Crippen LogP contribution in [-0.4, -0.2) is 27.6 Å². The average Bonchev–Trinajstić information content (AvgIpc) is 2.49. The van der Waals surface area contributed by atoms with E-state index in [1.807, 2.05) is 6.07 Å². The molecule has 0 saturated heterocycles. The van der Waals surface area contributed by atoms with Crippen LogP contribution in [0.25, 0.3) is 0 Å². The first-order valence-corrected chi connectivity index (χ1v) is 7.45. The molecule has 2 aromatic rings. The Labute approximate surface area is 143 Å². The highest BCUT2D eigenvalue weighted by Gasteiger charge is 2.14. The van der Waals surface area contributed by atoms with Crippen LogP contribution in [0.15, 0.2) is 47.4 Å². The van der Waals surface area contributed by atoms with Crippen molar-refractivity contribution in [2.45, 2.75) is 6.54 Å². The number of carbonyl (C=O) groups excluding carboxylic acids is 1. The number of pyridine rings is 1. The SMILES string of the molecule is CN(NC(=O)c1cccn(Cc2cccc(Cl)c2)c1=O)C(N)=S. The van der Waals surface area contributed by atoms with E-state index in [1.165, 1.54) is 22.7 Å². The molecule has 1 aromatic carbocycles. The number of thiocarbonyl (C=S) groups is 1. The molecule has 0 atom stereocenters. The topological polar surface area (TPSA) is 80.4 Å². The van der Waals surface area contributed by atoms with Crippen molar-refractivity contribution < 1.29 is 4.79 Å². The molecule has 6 nitrogen and oxygen atoms in total. The lowest BCUT2D eigenvalue weighted by Gasteiger charge is -2.17. The summed E-state index contributed by atoms with van der Waals surface area (Å²) in [5.74, 6) is -0.578. The number of halogens is 1. The molecule has 0 bridgehead atoms. The molecule has 1 amide bonds. The molecule has 0 aliphatic carbocycles. The van der Waals surface area contributed by atoms with Gasteiger partial charge in [-0.05, 0) is 42.0 Å². The molecule has 0 radical (unpaired) electrons. The summed E-state index contributed by atoms with van der Waals surface area (Å²) in [6.45, 7) is 0.311. The van der Waals surface area contributed by atoms with E-state index in [1.54, 1.807) is 30.5 Å². The van der Waals surface area contributed by atoms with Crippen molar-refractivity contribution in [1.82, 2.24) is 15.0 Å². The third-order valence-corrected chi connectivity index (χ3v) is 3.62. The monoisotopic (exact) mass is 350 g/mol. The number of nitrogens with two attached hydrogens (primary N) is 1. The third-order valence-electron chi connectivity index (χ3n) is 3.11. The Bertz CT molecular complexity index is 806. The Morgan fingerprint density at radius 2 is 2.13 bits per heavy atom. The number of aromatic nitrogens is 1. The van der Waals surface area contributed by atoms with Gasteiger partial charge in [0.1, 0.15) is 5.56 Å². The van der Waals surface area contributed by atoms with Crippen LogP contribution in [-0.2, 0) is 6.54 Å². The molecule has 23 heavy (non-hydrogen) atoms. The van der Waals surface area contributed by atoms with Crippen LogP contribution in [0.3, 0.4) is 0 Å². The molecular weight excluding hydrogens is 336 g/mol. The first-order chi connectivity index (χ1) is 10.9. The van der Waals surface area contributed by atoms with Gasteiger partial charge >= 0.3 is 0 Å². The number of nitrogens with zero attached hydrogens (tertiary/aromatic N) is 2. The van der Waals surface area contributed by atoms with E-state index >= 15 is 0 Å². The van der Waals surface area contributed by atoms with Crippen LogP contribution < -0.4 is 16.7 Å². The van der Waals surface area contributed by atoms with Crippen molar-refractivity contribution in [2.75, 3.05) is 7.05 Å². The van der Waals surface area contributed by atoms with Gasteiger partial charge in [-0.15, -0.1) is 0 Å². The molecule has 120 valence electrons. The molecule has 3 N–H and O–H groups in total. The molecule has 0 spiro atoms. The second-order valence-corrected chi connectivity index (χ2v) is 5.68. The number of rotatable bonds is 3. The van der Waals surface area contributed by atoms with Crippen LogP contribution in [0.5, 0.6) is 0 Å². The van der Waals surface area contributed by atoms with Crippen molar-refractivity contribution in [3.63, 3.8) is 0 Å². The van der Waals surface area contributed by atoms with Crippen LogP contribution in [0.2, 0.25) is 5.02 Å². The number of benzene rings is 1. The van der Waals surface area contributed by atoms with Gasteiger partial charge in [-0.1, -0.05) is 23.7 Å². The van der Waals surface area contributed by atoms with Crippen molar-refractivity contribution in [3.05, 3.63) is 69.1 Å². The van der Waals surface area contributed by atoms with Gasteiger partial charge in [-0.25, -0.2) is 0 Å². The van der Waals surface area contributed by atoms with Crippen molar-refractivity contribution in [2.24, 2.45) is 5.73 Å². The Morgan fingerprint density at radius 1 is 1.39 bits per heavy atom. The first kappa shape index (κ1) is 17.0. The van der Waals surface area contributed by atoms with Gasteiger partial charge in [0.2, 0.25) is 0 Å². The molecule has 1 heterocycles. The van der Waals surface area contributed by atoms with E-state index < -0.39 is 11.5 Å². The van der Waals surface area contributed by atoms with Gasteiger partial charge in [0.05, 0.1) is 6.54 Å². The van der Waals surface area contributed by atoms with Gasteiger partial charge in [0.25, 0.3) is 11.5 Å². The Hall–Kier alpha value is -2.38. The molecule has 0 aliphatic rings. The highest BCUT2D eigenvalue weighted by molar-refractivity contribution is 7.80. The third kappa shape index (κ3) is 4.30. The summed E-state index contributed by atoms with van der Waals surface area (Å²) >= 11 is 10.7. The molecule has 0 aliphatic heterocycles. The van der Waals surface area contributed by atoms with Crippen molar-refractivity contribution in [1.29, 1.82) is 0 Å². The van der Waals surface area contributed by atoms with Crippen molar-refractivity contribution in [3.8, 4) is 0 Å². The summed E-state index contributed by atoms with van der Waals surface area (Å²) in [7, 11) is 1.49. The summed E-state index contributed by atoms with van der Waals surface area (Å²) in [5, 5.41) is 1.75. The minimum Gasteiger partial charge on any atom is -0.375 e. The Morgan fingerprint density at radius 3 is 2.78 bits per heavy atom. The predicted octanol–water partition coefficient (Wildman–Crippen LogP) is 1.37. The van der Waals surface area contributed by atoms with Crippen LogP contribution in [0.4, 0.5) is 0 Å². The Kier molecular flexibility index (Phi) is 5.36. The van der Waals surface area contributed by atoms with E-state index in [0.717, 1.165) is 5.56 Å². The summed E-state index contributed by atoms with van der Waals surface area (Å²) in [6.07, 6.45) is 1.61. The largest absolute Gasteiger partial charge is 0.375 e. The molecule has 0 saturated carbocycles. The minimum absolute atomic E-state index is 0.00220. The van der Waals surface area contributed by atoms with Gasteiger partial charge in [-0.2, -0.15) is 0 Å². The molecule has 8 heteroatoms. The van der Waals surface area contributed by atoms with E-state index in [0.29, 0.717) is 11.6 Å². The lowest BCUT2D eigenvalue weighted by molar-refractivity contribution is 0.0885. The van der Waals surface area contributed by atoms with Crippen LogP contribution in [0, 0.1) is 0 Å². The standard InChI is InChI=1S/C15H15ClN4O2S/c1-19(15(17)23)18-13(21)12-6-3-7-20(14(12)22)9-10-4-2-5-11(16)8-10/h2-8H,9H2,1H3,(H2,17,23)(H,18,21). The summed E-state index contributed by atoms with van der Waals surface area (Å²) in [4.78, 5) is 24.6. The van der Waals surface area contributed by atoms with E-state index in [9.17, 15) is 9.59 Å². The van der Waals surface area contributed by atoms with E-state index in [2.05, 4.69) is 5.43 Å². The first-order valence-electron chi connectivity index (χ1n) is 6.66. The zero-order valence-corrected chi connectivity index (χ0v) is 13.9. The predicted molar refractivity (Wildman–Crippen MR) is 93.3 cm³/mol. The summed E-state index contributed by atoms with van der Waals surface area (Å²) < 4.78 is 1.43. The van der Waals surface area contributed by atoms with E-state index in [4.69, 9.17) is 29.6 Å². The lowest BCUT2D eigenvalue weighted by atomic mass is 10.2. The molecular formula is C15H15ClN4O2S. The average molecular weight is 351 g/mol. The Balaban J connectivity index is 2.26. The summed E-state index contributed by atoms with van der Waals surface area (Å²) in [5.41, 5.74) is 8.26. The molecule has 1 aromatic heterocycles. The number of hydrogen-bond donors (Lipinski definition) is 2. The molecule has 2 rings (SSSR count). The number of carbonyl (C=O) groups is 1. The van der Waals surface area contributed by atoms with Crippen LogP contribution in [0.1, 0.15) is 15.9 Å². The zero-order chi connectivity index (χ0) is 17.0. The minimum atomic E-state index is -0.578. The fourth-order valence-corrected chi connectivity index (χ4v) is 2.19. The van der Waals surface area contributed by atoms with Gasteiger partial charge in [0, 0.05) is 18.3 Å². The fraction of sp³-hybridized carbons (Fsp3) is 0.133. The smallest absolute Gasteiger partial charge is 0.275 e. The second-order valence-electron chi connectivity index (χ2n) is 4.82. The maximum atomic E-state index is 12.4. The quantitative estimate of drug-likeness (QED) is 0.645. The number of amides is 1. The highest BCUT2D eigenvalue weighted by atomic mass is 35.5. The molecule has 0 unspecified atom stereocenters.